The van der Waals surface area contributed by atoms with Gasteiger partial charge in [-0.3, -0.25) is 4.79 Å². The first-order valence-electron chi connectivity index (χ1n) is 7.22. The SMILES string of the molecule is CC(NCc1ccc(-c2cccc(OC(F)(F)F)c2)cc1)C(N)=O. The smallest absolute Gasteiger partial charge is 0.406 e. The standard InChI is InChI=1S/C17H17F3N2O2/c1-11(16(21)23)22-10-12-5-7-13(8-6-12)14-3-2-4-15(9-14)24-17(18,19)20/h2-9,11,22H,10H2,1H3,(H2,21,23). The second-order valence-corrected chi connectivity index (χ2v) is 5.28. The molecular formula is C17H17F3N2O2. The van der Waals surface area contributed by atoms with E-state index in [2.05, 4.69) is 10.1 Å². The van der Waals surface area contributed by atoms with Crippen LogP contribution in [0.4, 0.5) is 13.2 Å². The Labute approximate surface area is 137 Å². The molecule has 2 rings (SSSR count). The molecule has 3 N–H and O–H groups in total. The Hall–Kier alpha value is -2.54. The fourth-order valence-electron chi connectivity index (χ4n) is 2.06. The van der Waals surface area contributed by atoms with Gasteiger partial charge in [0.1, 0.15) is 5.75 Å². The fraction of sp³-hybridized carbons (Fsp3) is 0.235. The second kappa shape index (κ2) is 7.35. The van der Waals surface area contributed by atoms with Gasteiger partial charge in [-0.15, -0.1) is 13.2 Å². The van der Waals surface area contributed by atoms with E-state index in [0.717, 1.165) is 11.1 Å². The van der Waals surface area contributed by atoms with E-state index in [9.17, 15) is 18.0 Å². The summed E-state index contributed by atoms with van der Waals surface area (Å²) in [5, 5.41) is 2.97. The highest BCUT2D eigenvalue weighted by atomic mass is 19.4. The van der Waals surface area contributed by atoms with Gasteiger partial charge in [0.25, 0.3) is 0 Å². The molecule has 24 heavy (non-hydrogen) atoms. The number of carbonyl (C=O) groups is 1. The van der Waals surface area contributed by atoms with Gasteiger partial charge in [0.2, 0.25) is 5.91 Å². The zero-order valence-corrected chi connectivity index (χ0v) is 12.9. The van der Waals surface area contributed by atoms with Crippen molar-refractivity contribution < 1.29 is 22.7 Å². The van der Waals surface area contributed by atoms with Crippen LogP contribution in [0, 0.1) is 0 Å². The zero-order chi connectivity index (χ0) is 17.7. The summed E-state index contributed by atoms with van der Waals surface area (Å²) in [6.07, 6.45) is -4.72. The van der Waals surface area contributed by atoms with E-state index >= 15 is 0 Å². The van der Waals surface area contributed by atoms with E-state index in [-0.39, 0.29) is 5.75 Å². The lowest BCUT2D eigenvalue weighted by Crippen LogP contribution is -2.38. The number of hydrogen-bond acceptors (Lipinski definition) is 3. The number of carbonyl (C=O) groups excluding carboxylic acids is 1. The Morgan fingerprint density at radius 1 is 1.17 bits per heavy atom. The molecule has 0 radical (unpaired) electrons. The van der Waals surface area contributed by atoms with Gasteiger partial charge in [0.05, 0.1) is 6.04 Å². The van der Waals surface area contributed by atoms with Gasteiger partial charge < -0.3 is 15.8 Å². The van der Waals surface area contributed by atoms with Crippen LogP contribution in [0.1, 0.15) is 12.5 Å². The molecule has 128 valence electrons. The molecule has 0 aliphatic rings. The van der Waals surface area contributed by atoms with Gasteiger partial charge in [-0.1, -0.05) is 36.4 Å². The molecule has 1 atom stereocenters. The van der Waals surface area contributed by atoms with Crippen LogP contribution in [0.3, 0.4) is 0 Å². The van der Waals surface area contributed by atoms with Gasteiger partial charge in [-0.2, -0.15) is 0 Å². The van der Waals surface area contributed by atoms with E-state index in [1.165, 1.54) is 18.2 Å². The average Bonchev–Trinajstić information content (AvgIpc) is 2.51. The van der Waals surface area contributed by atoms with Crippen LogP contribution in [-0.4, -0.2) is 18.3 Å². The van der Waals surface area contributed by atoms with Crippen molar-refractivity contribution in [3.8, 4) is 16.9 Å². The van der Waals surface area contributed by atoms with Crippen molar-refractivity contribution in [1.29, 1.82) is 0 Å². The Bertz CT molecular complexity index is 700. The maximum Gasteiger partial charge on any atom is 0.573 e. The van der Waals surface area contributed by atoms with Crippen molar-refractivity contribution in [2.24, 2.45) is 5.73 Å². The Morgan fingerprint density at radius 2 is 1.83 bits per heavy atom. The molecule has 0 aliphatic heterocycles. The van der Waals surface area contributed by atoms with Crippen LogP contribution >= 0.6 is 0 Å². The average molecular weight is 338 g/mol. The summed E-state index contributed by atoms with van der Waals surface area (Å²) in [7, 11) is 0. The zero-order valence-electron chi connectivity index (χ0n) is 12.9. The molecule has 2 aromatic rings. The summed E-state index contributed by atoms with van der Waals surface area (Å²) in [5.74, 6) is -0.700. The largest absolute Gasteiger partial charge is 0.573 e. The van der Waals surface area contributed by atoms with Crippen molar-refractivity contribution in [1.82, 2.24) is 5.32 Å². The maximum absolute atomic E-state index is 12.3. The van der Waals surface area contributed by atoms with E-state index in [1.807, 2.05) is 12.1 Å². The van der Waals surface area contributed by atoms with Crippen molar-refractivity contribution in [3.63, 3.8) is 0 Å². The quantitative estimate of drug-likeness (QED) is 0.850. The number of alkyl halides is 3. The second-order valence-electron chi connectivity index (χ2n) is 5.28. The third kappa shape index (κ3) is 5.27. The minimum atomic E-state index is -4.72. The van der Waals surface area contributed by atoms with Crippen molar-refractivity contribution in [2.75, 3.05) is 0 Å². The molecule has 0 spiro atoms. The number of halogens is 3. The number of rotatable bonds is 6. The van der Waals surface area contributed by atoms with Crippen LogP contribution in [0.2, 0.25) is 0 Å². The van der Waals surface area contributed by atoms with Crippen LogP contribution in [0.5, 0.6) is 5.75 Å². The summed E-state index contributed by atoms with van der Waals surface area (Å²) < 4.78 is 40.7. The first-order chi connectivity index (χ1) is 11.2. The summed E-state index contributed by atoms with van der Waals surface area (Å²) >= 11 is 0. The van der Waals surface area contributed by atoms with Crippen molar-refractivity contribution in [3.05, 3.63) is 54.1 Å². The molecule has 4 nitrogen and oxygen atoms in total. The predicted molar refractivity (Wildman–Crippen MR) is 84.1 cm³/mol. The number of amides is 1. The van der Waals surface area contributed by atoms with E-state index in [0.29, 0.717) is 12.1 Å². The summed E-state index contributed by atoms with van der Waals surface area (Å²) in [5.41, 5.74) is 7.46. The highest BCUT2D eigenvalue weighted by Gasteiger charge is 2.31. The third-order valence-corrected chi connectivity index (χ3v) is 3.39. The minimum absolute atomic E-state index is 0.263. The number of benzene rings is 2. The molecule has 0 aliphatic carbocycles. The highest BCUT2D eigenvalue weighted by molar-refractivity contribution is 5.79. The third-order valence-electron chi connectivity index (χ3n) is 3.39. The lowest BCUT2D eigenvalue weighted by Gasteiger charge is -2.11. The van der Waals surface area contributed by atoms with Gasteiger partial charge in [-0.25, -0.2) is 0 Å². The first-order valence-corrected chi connectivity index (χ1v) is 7.22. The monoisotopic (exact) mass is 338 g/mol. The molecule has 1 amide bonds. The Balaban J connectivity index is 2.08. The van der Waals surface area contributed by atoms with Crippen molar-refractivity contribution in [2.45, 2.75) is 25.9 Å². The van der Waals surface area contributed by atoms with E-state index in [4.69, 9.17) is 5.73 Å². The van der Waals surface area contributed by atoms with Crippen LogP contribution in [-0.2, 0) is 11.3 Å². The summed E-state index contributed by atoms with van der Waals surface area (Å²) in [6, 6.07) is 12.6. The molecule has 0 fully saturated rings. The van der Waals surface area contributed by atoms with Crippen LogP contribution in [0.15, 0.2) is 48.5 Å². The predicted octanol–water partition coefficient (Wildman–Crippen LogP) is 3.22. The number of nitrogens with one attached hydrogen (secondary N) is 1. The molecule has 0 saturated carbocycles. The lowest BCUT2D eigenvalue weighted by molar-refractivity contribution is -0.274. The number of nitrogens with two attached hydrogens (primary N) is 1. The van der Waals surface area contributed by atoms with Gasteiger partial charge in [0.15, 0.2) is 0 Å². The van der Waals surface area contributed by atoms with Crippen LogP contribution < -0.4 is 15.8 Å². The molecule has 1 unspecified atom stereocenters. The molecule has 0 saturated heterocycles. The fourth-order valence-corrected chi connectivity index (χ4v) is 2.06. The number of hydrogen-bond donors (Lipinski definition) is 2. The van der Waals surface area contributed by atoms with E-state index in [1.54, 1.807) is 25.1 Å². The molecule has 7 heteroatoms. The summed E-state index contributed by atoms with van der Waals surface area (Å²) in [4.78, 5) is 11.0. The molecule has 0 heterocycles. The highest BCUT2D eigenvalue weighted by Crippen LogP contribution is 2.28. The normalized spacial score (nSPS) is 12.7. The Morgan fingerprint density at radius 3 is 2.42 bits per heavy atom. The minimum Gasteiger partial charge on any atom is -0.406 e. The van der Waals surface area contributed by atoms with E-state index < -0.39 is 18.3 Å². The first kappa shape index (κ1) is 17.8. The number of ether oxygens (including phenoxy) is 1. The van der Waals surface area contributed by atoms with Crippen LogP contribution in [0.25, 0.3) is 11.1 Å². The summed E-state index contributed by atoms with van der Waals surface area (Å²) in [6.45, 7) is 2.13. The van der Waals surface area contributed by atoms with Gasteiger partial charge in [-0.05, 0) is 35.7 Å². The molecule has 2 aromatic carbocycles. The Kier molecular flexibility index (Phi) is 5.46. The molecule has 0 aromatic heterocycles. The molecular weight excluding hydrogens is 321 g/mol. The lowest BCUT2D eigenvalue weighted by atomic mass is 10.0. The molecule has 0 bridgehead atoms. The van der Waals surface area contributed by atoms with Gasteiger partial charge >= 0.3 is 6.36 Å². The maximum atomic E-state index is 12.3. The topological polar surface area (TPSA) is 64.3 Å². The van der Waals surface area contributed by atoms with Gasteiger partial charge in [0, 0.05) is 6.54 Å². The number of primary amides is 1. The van der Waals surface area contributed by atoms with Crippen molar-refractivity contribution >= 4 is 5.91 Å².